The van der Waals surface area contributed by atoms with E-state index in [0.717, 1.165) is 6.26 Å². The van der Waals surface area contributed by atoms with Gasteiger partial charge in [-0.3, -0.25) is 9.89 Å². The average Bonchev–Trinajstić information content (AvgIpc) is 3.21. The first-order valence-electron chi connectivity index (χ1n) is 7.64. The van der Waals surface area contributed by atoms with Crippen LogP contribution in [0, 0.1) is 0 Å². The van der Waals surface area contributed by atoms with E-state index in [1.165, 1.54) is 6.20 Å². The standard InChI is InChI=1S/C16H19N3O4S/c1-24(21,22)14-9-17-18-16(14)12-7-8-19(10-12)15(20)11-23-13-5-3-2-4-6-13/h2-6,9,12H,7-8,10-11H2,1H3,(H,17,18)/t12-/m1/s1. The van der Waals surface area contributed by atoms with Crippen molar-refractivity contribution in [2.45, 2.75) is 17.2 Å². The average molecular weight is 349 g/mol. The highest BCUT2D eigenvalue weighted by Crippen LogP contribution is 2.30. The van der Waals surface area contributed by atoms with E-state index in [-0.39, 0.29) is 23.3 Å². The molecule has 24 heavy (non-hydrogen) atoms. The molecule has 1 amide bonds. The highest BCUT2D eigenvalue weighted by Gasteiger charge is 2.31. The third-order valence-corrected chi connectivity index (χ3v) is 5.21. The molecule has 0 radical (unpaired) electrons. The molecule has 1 atom stereocenters. The predicted octanol–water partition coefficient (Wildman–Crippen LogP) is 1.21. The summed E-state index contributed by atoms with van der Waals surface area (Å²) >= 11 is 0. The normalized spacial score (nSPS) is 17.9. The Morgan fingerprint density at radius 2 is 2.12 bits per heavy atom. The molecule has 3 rings (SSSR count). The van der Waals surface area contributed by atoms with Gasteiger partial charge in [0.1, 0.15) is 10.6 Å². The maximum absolute atomic E-state index is 12.3. The first kappa shape index (κ1) is 16.5. The molecule has 1 aliphatic heterocycles. The van der Waals surface area contributed by atoms with Gasteiger partial charge in [-0.25, -0.2) is 8.42 Å². The maximum Gasteiger partial charge on any atom is 0.260 e. The summed E-state index contributed by atoms with van der Waals surface area (Å²) in [5, 5.41) is 6.62. The molecule has 0 bridgehead atoms. The molecule has 1 fully saturated rings. The van der Waals surface area contributed by atoms with Crippen LogP contribution in [-0.2, 0) is 14.6 Å². The summed E-state index contributed by atoms with van der Waals surface area (Å²) in [6.45, 7) is 1.00. The van der Waals surface area contributed by atoms with Gasteiger partial charge in [0.25, 0.3) is 5.91 Å². The smallest absolute Gasteiger partial charge is 0.260 e. The lowest BCUT2D eigenvalue weighted by Gasteiger charge is -2.17. The van der Waals surface area contributed by atoms with Crippen LogP contribution in [0.4, 0.5) is 0 Å². The lowest BCUT2D eigenvalue weighted by atomic mass is 10.1. The van der Waals surface area contributed by atoms with Crippen LogP contribution in [0.3, 0.4) is 0 Å². The molecule has 0 spiro atoms. The molecule has 1 aromatic heterocycles. The number of benzene rings is 1. The summed E-state index contributed by atoms with van der Waals surface area (Å²) in [6, 6.07) is 9.16. The van der Waals surface area contributed by atoms with Gasteiger partial charge in [0, 0.05) is 25.3 Å². The van der Waals surface area contributed by atoms with Crippen molar-refractivity contribution >= 4 is 15.7 Å². The van der Waals surface area contributed by atoms with E-state index < -0.39 is 9.84 Å². The van der Waals surface area contributed by atoms with Crippen LogP contribution in [0.5, 0.6) is 5.75 Å². The van der Waals surface area contributed by atoms with Crippen molar-refractivity contribution in [3.8, 4) is 5.75 Å². The molecule has 1 aliphatic rings. The molecule has 2 heterocycles. The number of aromatic nitrogens is 2. The minimum atomic E-state index is -3.33. The van der Waals surface area contributed by atoms with Gasteiger partial charge in [0.15, 0.2) is 16.4 Å². The zero-order valence-corrected chi connectivity index (χ0v) is 14.1. The molecule has 0 unspecified atom stereocenters. The number of H-pyrrole nitrogens is 1. The Morgan fingerprint density at radius 3 is 2.83 bits per heavy atom. The molecule has 7 nitrogen and oxygen atoms in total. The molecule has 1 N–H and O–H groups in total. The molecular weight excluding hydrogens is 330 g/mol. The number of rotatable bonds is 5. The van der Waals surface area contributed by atoms with Crippen LogP contribution in [0.25, 0.3) is 0 Å². The number of sulfone groups is 1. The summed E-state index contributed by atoms with van der Waals surface area (Å²) in [6.07, 6.45) is 3.18. The van der Waals surface area contributed by atoms with Crippen LogP contribution in [0.1, 0.15) is 18.0 Å². The van der Waals surface area contributed by atoms with Gasteiger partial charge in [0.05, 0.1) is 11.9 Å². The second-order valence-electron chi connectivity index (χ2n) is 5.85. The fraction of sp³-hybridized carbons (Fsp3) is 0.375. The molecule has 128 valence electrons. The number of amides is 1. The number of ether oxygens (including phenoxy) is 1. The van der Waals surface area contributed by atoms with E-state index >= 15 is 0 Å². The van der Waals surface area contributed by atoms with E-state index in [9.17, 15) is 13.2 Å². The lowest BCUT2D eigenvalue weighted by molar-refractivity contribution is -0.132. The Morgan fingerprint density at radius 1 is 1.38 bits per heavy atom. The molecule has 2 aromatic rings. The summed E-state index contributed by atoms with van der Waals surface area (Å²) in [5.41, 5.74) is 0.580. The Bertz CT molecular complexity index is 817. The Balaban J connectivity index is 1.61. The summed E-state index contributed by atoms with van der Waals surface area (Å²) in [4.78, 5) is 14.2. The topological polar surface area (TPSA) is 92.4 Å². The highest BCUT2D eigenvalue weighted by atomic mass is 32.2. The Labute approximate surface area is 140 Å². The number of likely N-dealkylation sites (tertiary alicyclic amines) is 1. The second-order valence-corrected chi connectivity index (χ2v) is 7.83. The molecule has 0 aliphatic carbocycles. The number of hydrogen-bond donors (Lipinski definition) is 1. The quantitative estimate of drug-likeness (QED) is 0.876. The molecule has 0 saturated carbocycles. The molecule has 1 saturated heterocycles. The van der Waals surface area contributed by atoms with Gasteiger partial charge in [-0.15, -0.1) is 0 Å². The minimum absolute atomic E-state index is 0.0291. The molecular formula is C16H19N3O4S. The minimum Gasteiger partial charge on any atom is -0.484 e. The zero-order chi connectivity index (χ0) is 17.2. The van der Waals surface area contributed by atoms with Gasteiger partial charge in [0.2, 0.25) is 0 Å². The van der Waals surface area contributed by atoms with Crippen molar-refractivity contribution in [1.82, 2.24) is 15.1 Å². The Hall–Kier alpha value is -2.35. The fourth-order valence-electron chi connectivity index (χ4n) is 2.85. The van der Waals surface area contributed by atoms with Gasteiger partial charge >= 0.3 is 0 Å². The fourth-order valence-corrected chi connectivity index (χ4v) is 3.70. The van der Waals surface area contributed by atoms with Crippen LogP contribution in [0.2, 0.25) is 0 Å². The molecule has 1 aromatic carbocycles. The van der Waals surface area contributed by atoms with Crippen LogP contribution in [0.15, 0.2) is 41.4 Å². The number of hydrogen-bond acceptors (Lipinski definition) is 5. The van der Waals surface area contributed by atoms with E-state index in [1.54, 1.807) is 17.0 Å². The van der Waals surface area contributed by atoms with Crippen molar-refractivity contribution < 1.29 is 17.9 Å². The summed E-state index contributed by atoms with van der Waals surface area (Å²) in [7, 11) is -3.33. The lowest BCUT2D eigenvalue weighted by Crippen LogP contribution is -2.33. The maximum atomic E-state index is 12.3. The van der Waals surface area contributed by atoms with Crippen LogP contribution in [-0.4, -0.2) is 55.4 Å². The number of nitrogens with one attached hydrogen (secondary N) is 1. The second kappa shape index (κ2) is 6.64. The third-order valence-electron chi connectivity index (χ3n) is 4.09. The highest BCUT2D eigenvalue weighted by molar-refractivity contribution is 7.90. The van der Waals surface area contributed by atoms with Gasteiger partial charge in [-0.1, -0.05) is 18.2 Å². The van der Waals surface area contributed by atoms with Gasteiger partial charge < -0.3 is 9.64 Å². The monoisotopic (exact) mass is 349 g/mol. The number of aromatic amines is 1. The number of nitrogens with zero attached hydrogens (tertiary/aromatic N) is 2. The van der Waals surface area contributed by atoms with Crippen molar-refractivity contribution in [2.24, 2.45) is 0 Å². The van der Waals surface area contributed by atoms with Crippen molar-refractivity contribution in [2.75, 3.05) is 26.0 Å². The first-order valence-corrected chi connectivity index (χ1v) is 9.53. The van der Waals surface area contributed by atoms with Gasteiger partial charge in [-0.2, -0.15) is 5.10 Å². The van der Waals surface area contributed by atoms with Crippen molar-refractivity contribution in [3.05, 3.63) is 42.2 Å². The summed E-state index contributed by atoms with van der Waals surface area (Å²) < 4.78 is 29.0. The van der Waals surface area contributed by atoms with Crippen molar-refractivity contribution in [3.63, 3.8) is 0 Å². The number of para-hydroxylation sites is 1. The number of carbonyl (C=O) groups is 1. The van der Waals surface area contributed by atoms with E-state index in [1.807, 2.05) is 18.2 Å². The number of carbonyl (C=O) groups excluding carboxylic acids is 1. The SMILES string of the molecule is CS(=O)(=O)c1cn[nH]c1[C@@H]1CCN(C(=O)COc2ccccc2)C1. The predicted molar refractivity (Wildman–Crippen MR) is 87.6 cm³/mol. The van der Waals surface area contributed by atoms with E-state index in [0.29, 0.717) is 31.0 Å². The largest absolute Gasteiger partial charge is 0.484 e. The Kier molecular flexibility index (Phi) is 4.57. The zero-order valence-electron chi connectivity index (χ0n) is 13.3. The van der Waals surface area contributed by atoms with Gasteiger partial charge in [-0.05, 0) is 18.6 Å². The van der Waals surface area contributed by atoms with E-state index in [2.05, 4.69) is 10.2 Å². The third kappa shape index (κ3) is 3.59. The summed E-state index contributed by atoms with van der Waals surface area (Å²) in [5.74, 6) is 0.481. The molecule has 8 heteroatoms. The van der Waals surface area contributed by atoms with Crippen molar-refractivity contribution in [1.29, 1.82) is 0 Å². The first-order chi connectivity index (χ1) is 11.4. The van der Waals surface area contributed by atoms with E-state index in [4.69, 9.17) is 4.74 Å². The van der Waals surface area contributed by atoms with Crippen LogP contribution >= 0.6 is 0 Å². The van der Waals surface area contributed by atoms with Crippen LogP contribution < -0.4 is 4.74 Å².